The Morgan fingerprint density at radius 1 is 1.14 bits per heavy atom. The monoisotopic (exact) mass is 280 g/mol. The van der Waals surface area contributed by atoms with Gasteiger partial charge in [0.05, 0.1) is 13.0 Å². The first-order valence-electron chi connectivity index (χ1n) is 7.01. The molecule has 0 bridgehead atoms. The molecular weight excluding hydrogens is 264 g/mol. The summed E-state index contributed by atoms with van der Waals surface area (Å²) >= 11 is 0. The van der Waals surface area contributed by atoms with E-state index in [-0.39, 0.29) is 11.6 Å². The van der Waals surface area contributed by atoms with E-state index in [0.29, 0.717) is 23.3 Å². The Hall–Kier alpha value is -2.42. The lowest BCUT2D eigenvalue weighted by Crippen LogP contribution is -2.29. The zero-order chi connectivity index (χ0) is 14.8. The molecule has 0 heterocycles. The van der Waals surface area contributed by atoms with E-state index in [1.807, 2.05) is 30.3 Å². The zero-order valence-corrected chi connectivity index (χ0v) is 11.8. The van der Waals surface area contributed by atoms with Crippen LogP contribution in [0.5, 0.6) is 5.75 Å². The van der Waals surface area contributed by atoms with Crippen molar-refractivity contribution in [3.63, 3.8) is 0 Å². The second-order valence-corrected chi connectivity index (χ2v) is 5.21. The quantitative estimate of drug-likeness (QED) is 0.640. The van der Waals surface area contributed by atoms with Gasteiger partial charge in [-0.2, -0.15) is 0 Å². The zero-order valence-electron chi connectivity index (χ0n) is 11.8. The molecule has 1 atom stereocenters. The maximum Gasteiger partial charge on any atom is 0.174 e. The predicted octanol–water partition coefficient (Wildman–Crippen LogP) is 3.32. The fourth-order valence-corrected chi connectivity index (χ4v) is 2.80. The van der Waals surface area contributed by atoms with Crippen molar-refractivity contribution in [3.8, 4) is 5.75 Å². The number of carbonyl (C=O) groups is 2. The molecule has 1 unspecified atom stereocenters. The summed E-state index contributed by atoms with van der Waals surface area (Å²) in [6.45, 7) is 0. The number of methoxy groups -OCH3 is 1. The standard InChI is InChI=1S/C18H16O3/c1-21-14-9-7-12-8-10-15(18(20)16(12)11-14)17(19)13-5-3-2-4-6-13/h2-7,9,11,15H,8,10H2,1H3. The van der Waals surface area contributed by atoms with Crippen LogP contribution in [0, 0.1) is 5.92 Å². The number of benzene rings is 2. The van der Waals surface area contributed by atoms with Gasteiger partial charge in [0, 0.05) is 11.1 Å². The molecule has 3 rings (SSSR count). The molecule has 0 aromatic heterocycles. The molecule has 21 heavy (non-hydrogen) atoms. The van der Waals surface area contributed by atoms with Gasteiger partial charge in [-0.05, 0) is 30.5 Å². The number of fused-ring (bicyclic) bond motifs is 1. The van der Waals surface area contributed by atoms with Gasteiger partial charge in [-0.1, -0.05) is 36.4 Å². The third-order valence-corrected chi connectivity index (χ3v) is 3.98. The summed E-state index contributed by atoms with van der Waals surface area (Å²) in [6, 6.07) is 14.5. The van der Waals surface area contributed by atoms with Gasteiger partial charge in [0.25, 0.3) is 0 Å². The molecule has 0 N–H and O–H groups in total. The van der Waals surface area contributed by atoms with Gasteiger partial charge in [-0.3, -0.25) is 9.59 Å². The van der Waals surface area contributed by atoms with E-state index >= 15 is 0 Å². The SMILES string of the molecule is COc1ccc2c(c1)C(=O)C(C(=O)c1ccccc1)CC2. The third kappa shape index (κ3) is 2.47. The highest BCUT2D eigenvalue weighted by Gasteiger charge is 2.33. The lowest BCUT2D eigenvalue weighted by atomic mass is 9.79. The van der Waals surface area contributed by atoms with Gasteiger partial charge in [0.1, 0.15) is 5.75 Å². The third-order valence-electron chi connectivity index (χ3n) is 3.98. The van der Waals surface area contributed by atoms with Crippen molar-refractivity contribution < 1.29 is 14.3 Å². The van der Waals surface area contributed by atoms with Crippen LogP contribution in [0.3, 0.4) is 0 Å². The second kappa shape index (κ2) is 5.52. The summed E-state index contributed by atoms with van der Waals surface area (Å²) in [6.07, 6.45) is 1.32. The molecular formula is C18H16O3. The molecule has 0 saturated carbocycles. The molecule has 106 valence electrons. The Morgan fingerprint density at radius 2 is 1.90 bits per heavy atom. The van der Waals surface area contributed by atoms with Crippen LogP contribution in [-0.2, 0) is 6.42 Å². The van der Waals surface area contributed by atoms with Crippen molar-refractivity contribution in [2.24, 2.45) is 5.92 Å². The molecule has 0 saturated heterocycles. The van der Waals surface area contributed by atoms with E-state index in [9.17, 15) is 9.59 Å². The predicted molar refractivity (Wildman–Crippen MR) is 79.9 cm³/mol. The minimum Gasteiger partial charge on any atom is -0.497 e. The molecule has 0 amide bonds. The molecule has 1 aliphatic rings. The second-order valence-electron chi connectivity index (χ2n) is 5.21. The number of rotatable bonds is 3. The number of carbonyl (C=O) groups excluding carboxylic acids is 2. The molecule has 0 fully saturated rings. The van der Waals surface area contributed by atoms with Gasteiger partial charge in [-0.15, -0.1) is 0 Å². The van der Waals surface area contributed by atoms with Crippen LogP contribution in [-0.4, -0.2) is 18.7 Å². The fourth-order valence-electron chi connectivity index (χ4n) is 2.80. The summed E-state index contributed by atoms with van der Waals surface area (Å²) in [7, 11) is 1.57. The van der Waals surface area contributed by atoms with Gasteiger partial charge in [0.2, 0.25) is 0 Å². The summed E-state index contributed by atoms with van der Waals surface area (Å²) in [5.74, 6) is -0.111. The van der Waals surface area contributed by atoms with Crippen molar-refractivity contribution in [2.75, 3.05) is 7.11 Å². The van der Waals surface area contributed by atoms with Crippen LogP contribution in [0.2, 0.25) is 0 Å². The number of hydrogen-bond acceptors (Lipinski definition) is 3. The highest BCUT2D eigenvalue weighted by Crippen LogP contribution is 2.30. The van der Waals surface area contributed by atoms with Gasteiger partial charge < -0.3 is 4.74 Å². The van der Waals surface area contributed by atoms with Crippen molar-refractivity contribution in [1.29, 1.82) is 0 Å². The molecule has 3 heteroatoms. The molecule has 0 radical (unpaired) electrons. The molecule has 1 aliphatic carbocycles. The number of hydrogen-bond donors (Lipinski definition) is 0. The van der Waals surface area contributed by atoms with E-state index in [1.165, 1.54) is 0 Å². The summed E-state index contributed by atoms with van der Waals surface area (Å²) < 4.78 is 5.17. The number of ketones is 2. The first-order valence-corrected chi connectivity index (χ1v) is 7.01. The van der Waals surface area contributed by atoms with Crippen LogP contribution < -0.4 is 4.74 Å². The highest BCUT2D eigenvalue weighted by atomic mass is 16.5. The van der Waals surface area contributed by atoms with E-state index < -0.39 is 5.92 Å². The molecule has 3 nitrogen and oxygen atoms in total. The number of ether oxygens (including phenoxy) is 1. The van der Waals surface area contributed by atoms with Crippen LogP contribution in [0.15, 0.2) is 48.5 Å². The molecule has 2 aromatic rings. The van der Waals surface area contributed by atoms with Crippen LogP contribution >= 0.6 is 0 Å². The first kappa shape index (κ1) is 13.6. The lowest BCUT2D eigenvalue weighted by Gasteiger charge is -2.22. The highest BCUT2D eigenvalue weighted by molar-refractivity contribution is 6.17. The van der Waals surface area contributed by atoms with Gasteiger partial charge >= 0.3 is 0 Å². The Labute approximate surface area is 123 Å². The topological polar surface area (TPSA) is 43.4 Å². The Balaban J connectivity index is 1.93. The summed E-state index contributed by atoms with van der Waals surface area (Å²) in [4.78, 5) is 25.1. The average Bonchev–Trinajstić information content (AvgIpc) is 2.55. The first-order chi connectivity index (χ1) is 10.2. The van der Waals surface area contributed by atoms with Crippen LogP contribution in [0.4, 0.5) is 0 Å². The Bertz CT molecular complexity index is 689. The molecule has 0 spiro atoms. The van der Waals surface area contributed by atoms with Crippen molar-refractivity contribution in [1.82, 2.24) is 0 Å². The average molecular weight is 280 g/mol. The van der Waals surface area contributed by atoms with Crippen molar-refractivity contribution in [2.45, 2.75) is 12.8 Å². The van der Waals surface area contributed by atoms with E-state index in [2.05, 4.69) is 0 Å². The van der Waals surface area contributed by atoms with E-state index in [1.54, 1.807) is 25.3 Å². The Morgan fingerprint density at radius 3 is 2.62 bits per heavy atom. The van der Waals surface area contributed by atoms with Crippen LogP contribution in [0.25, 0.3) is 0 Å². The largest absolute Gasteiger partial charge is 0.497 e. The fraction of sp³-hybridized carbons (Fsp3) is 0.222. The Kier molecular flexibility index (Phi) is 3.57. The minimum atomic E-state index is -0.577. The summed E-state index contributed by atoms with van der Waals surface area (Å²) in [5, 5.41) is 0. The van der Waals surface area contributed by atoms with Gasteiger partial charge in [-0.25, -0.2) is 0 Å². The van der Waals surface area contributed by atoms with Crippen LogP contribution in [0.1, 0.15) is 32.7 Å². The van der Waals surface area contributed by atoms with Crippen molar-refractivity contribution in [3.05, 3.63) is 65.2 Å². The number of Topliss-reactive ketones (excluding diaryl/α,β-unsaturated/α-hetero) is 2. The molecule has 2 aromatic carbocycles. The normalized spacial score (nSPS) is 17.2. The maximum atomic E-state index is 12.6. The molecule has 0 aliphatic heterocycles. The maximum absolute atomic E-state index is 12.6. The summed E-state index contributed by atoms with van der Waals surface area (Å²) in [5.41, 5.74) is 2.22. The lowest BCUT2D eigenvalue weighted by molar-refractivity contribution is 0.0790. The van der Waals surface area contributed by atoms with Gasteiger partial charge in [0.15, 0.2) is 11.6 Å². The number of aryl methyl sites for hydroxylation is 1. The van der Waals surface area contributed by atoms with E-state index in [4.69, 9.17) is 4.74 Å². The van der Waals surface area contributed by atoms with Crippen molar-refractivity contribution >= 4 is 11.6 Å². The van der Waals surface area contributed by atoms with E-state index in [0.717, 1.165) is 12.0 Å². The minimum absolute atomic E-state index is 0.0888. The smallest absolute Gasteiger partial charge is 0.174 e.